The summed E-state index contributed by atoms with van der Waals surface area (Å²) >= 11 is 0. The van der Waals surface area contributed by atoms with Crippen molar-refractivity contribution in [1.82, 2.24) is 5.32 Å². The van der Waals surface area contributed by atoms with E-state index in [0.717, 1.165) is 0 Å². The number of nitrogens with one attached hydrogen (secondary N) is 1. The average Bonchev–Trinajstić information content (AvgIpc) is 2.33. The largest absolute Gasteiger partial charge is 0.480 e. The highest BCUT2D eigenvalue weighted by Crippen LogP contribution is 2.36. The van der Waals surface area contributed by atoms with Gasteiger partial charge in [0.1, 0.15) is 6.04 Å². The van der Waals surface area contributed by atoms with E-state index in [1.165, 1.54) is 7.11 Å². The van der Waals surface area contributed by atoms with Crippen LogP contribution in [0.4, 0.5) is 8.78 Å². The molecule has 0 spiro atoms. The molecule has 2 N–H and O–H groups in total. The maximum Gasteiger partial charge on any atom is 0.326 e. The van der Waals surface area contributed by atoms with Gasteiger partial charge >= 0.3 is 5.97 Å². The van der Waals surface area contributed by atoms with Crippen molar-refractivity contribution in [3.63, 3.8) is 0 Å². The average molecular weight is 279 g/mol. The van der Waals surface area contributed by atoms with Crippen LogP contribution in [-0.2, 0) is 14.3 Å². The molecule has 0 heterocycles. The molecule has 7 heteroatoms. The quantitative estimate of drug-likeness (QED) is 0.771. The van der Waals surface area contributed by atoms with Crippen molar-refractivity contribution in [1.29, 1.82) is 0 Å². The number of ether oxygens (including phenoxy) is 1. The molecule has 0 bridgehead atoms. The van der Waals surface area contributed by atoms with E-state index in [-0.39, 0.29) is 38.7 Å². The lowest BCUT2D eigenvalue weighted by molar-refractivity contribution is -0.144. The number of carboxylic acids is 1. The second-order valence-corrected chi connectivity index (χ2v) is 4.81. The first-order valence-electron chi connectivity index (χ1n) is 6.25. The summed E-state index contributed by atoms with van der Waals surface area (Å²) in [5.41, 5.74) is 0. The Hall–Kier alpha value is -1.24. The maximum absolute atomic E-state index is 13.0. The second-order valence-electron chi connectivity index (χ2n) is 4.81. The molecular weight excluding hydrogens is 260 g/mol. The Balaban J connectivity index is 2.46. The number of carbonyl (C=O) groups excluding carboxylic acids is 1. The standard InChI is InChI=1S/C12H19F2NO4/c1-19-7-4-9(11(17)18)15-10(16)8-2-5-12(13,14)6-3-8/h8-9H,2-7H2,1H3,(H,15,16)(H,17,18). The predicted molar refractivity (Wildman–Crippen MR) is 63.0 cm³/mol. The first-order valence-corrected chi connectivity index (χ1v) is 6.25. The van der Waals surface area contributed by atoms with Gasteiger partial charge in [0.05, 0.1) is 0 Å². The van der Waals surface area contributed by atoms with Crippen molar-refractivity contribution < 1.29 is 28.2 Å². The molecule has 1 rings (SSSR count). The number of carbonyl (C=O) groups is 2. The van der Waals surface area contributed by atoms with Crippen LogP contribution >= 0.6 is 0 Å². The summed E-state index contributed by atoms with van der Waals surface area (Å²) in [6.45, 7) is 0.208. The highest BCUT2D eigenvalue weighted by molar-refractivity contribution is 5.85. The van der Waals surface area contributed by atoms with E-state index in [0.29, 0.717) is 0 Å². The van der Waals surface area contributed by atoms with Gasteiger partial charge in [-0.05, 0) is 12.8 Å². The van der Waals surface area contributed by atoms with Crippen molar-refractivity contribution in [2.75, 3.05) is 13.7 Å². The first kappa shape index (κ1) is 15.8. The number of hydrogen-bond donors (Lipinski definition) is 2. The fraction of sp³-hybridized carbons (Fsp3) is 0.833. The number of halogens is 2. The van der Waals surface area contributed by atoms with Crippen LogP contribution < -0.4 is 5.32 Å². The molecule has 0 aromatic heterocycles. The molecule has 1 aliphatic rings. The van der Waals surface area contributed by atoms with Gasteiger partial charge in [-0.3, -0.25) is 4.79 Å². The van der Waals surface area contributed by atoms with Crippen molar-refractivity contribution >= 4 is 11.9 Å². The van der Waals surface area contributed by atoms with E-state index >= 15 is 0 Å². The van der Waals surface area contributed by atoms with Crippen molar-refractivity contribution in [2.24, 2.45) is 5.92 Å². The fourth-order valence-corrected chi connectivity index (χ4v) is 2.08. The van der Waals surface area contributed by atoms with Crippen LogP contribution in [0.5, 0.6) is 0 Å². The zero-order valence-corrected chi connectivity index (χ0v) is 10.8. The number of methoxy groups -OCH3 is 1. The van der Waals surface area contributed by atoms with Crippen molar-refractivity contribution in [2.45, 2.75) is 44.1 Å². The minimum Gasteiger partial charge on any atom is -0.480 e. The van der Waals surface area contributed by atoms with Gasteiger partial charge in [0.15, 0.2) is 0 Å². The van der Waals surface area contributed by atoms with Crippen LogP contribution in [0.15, 0.2) is 0 Å². The minimum atomic E-state index is -2.70. The monoisotopic (exact) mass is 279 g/mol. The molecule has 5 nitrogen and oxygen atoms in total. The van der Waals surface area contributed by atoms with Crippen LogP contribution in [0.3, 0.4) is 0 Å². The van der Waals surface area contributed by atoms with Crippen LogP contribution in [-0.4, -0.2) is 42.7 Å². The summed E-state index contributed by atoms with van der Waals surface area (Å²) in [5, 5.41) is 11.3. The van der Waals surface area contributed by atoms with Gasteiger partial charge in [0.2, 0.25) is 11.8 Å². The summed E-state index contributed by atoms with van der Waals surface area (Å²) < 4.78 is 30.7. The van der Waals surface area contributed by atoms with Gasteiger partial charge in [-0.1, -0.05) is 0 Å². The summed E-state index contributed by atoms with van der Waals surface area (Å²) in [4.78, 5) is 22.8. The van der Waals surface area contributed by atoms with Gasteiger partial charge in [-0.25, -0.2) is 13.6 Å². The Kier molecular flexibility index (Phi) is 5.65. The SMILES string of the molecule is COCCC(NC(=O)C1CCC(F)(F)CC1)C(=O)O. The van der Waals surface area contributed by atoms with Gasteiger partial charge < -0.3 is 15.2 Å². The lowest BCUT2D eigenvalue weighted by Gasteiger charge is -2.28. The summed E-state index contributed by atoms with van der Waals surface area (Å²) in [5.74, 6) is -4.83. The maximum atomic E-state index is 13.0. The molecule has 110 valence electrons. The van der Waals surface area contributed by atoms with E-state index < -0.39 is 29.8 Å². The fourth-order valence-electron chi connectivity index (χ4n) is 2.08. The van der Waals surface area contributed by atoms with E-state index in [1.54, 1.807) is 0 Å². The van der Waals surface area contributed by atoms with Crippen LogP contribution in [0.2, 0.25) is 0 Å². The molecule has 1 unspecified atom stereocenters. The Labute approximate surface area is 110 Å². The molecule has 0 aliphatic heterocycles. The Morgan fingerprint density at radius 1 is 1.42 bits per heavy atom. The van der Waals surface area contributed by atoms with Gasteiger partial charge in [0.25, 0.3) is 0 Å². The van der Waals surface area contributed by atoms with Crippen LogP contribution in [0.1, 0.15) is 32.1 Å². The minimum absolute atomic E-state index is 0.0927. The topological polar surface area (TPSA) is 75.6 Å². The number of alkyl halides is 2. The lowest BCUT2D eigenvalue weighted by atomic mass is 9.86. The first-order chi connectivity index (χ1) is 8.85. The third-order valence-electron chi connectivity index (χ3n) is 3.31. The number of hydrogen-bond acceptors (Lipinski definition) is 3. The lowest BCUT2D eigenvalue weighted by Crippen LogP contribution is -2.45. The molecule has 1 saturated carbocycles. The molecule has 1 amide bonds. The van der Waals surface area contributed by atoms with Crippen LogP contribution in [0.25, 0.3) is 0 Å². The number of amides is 1. The molecule has 19 heavy (non-hydrogen) atoms. The number of carboxylic acid groups (broad SMARTS) is 1. The highest BCUT2D eigenvalue weighted by Gasteiger charge is 2.38. The molecular formula is C12H19F2NO4. The van der Waals surface area contributed by atoms with Crippen LogP contribution in [0, 0.1) is 5.92 Å². The van der Waals surface area contributed by atoms with Gasteiger partial charge in [-0.15, -0.1) is 0 Å². The smallest absolute Gasteiger partial charge is 0.326 e. The van der Waals surface area contributed by atoms with E-state index in [9.17, 15) is 18.4 Å². The number of aliphatic carboxylic acids is 1. The zero-order chi connectivity index (χ0) is 14.5. The van der Waals surface area contributed by atoms with Crippen molar-refractivity contribution in [3.05, 3.63) is 0 Å². The molecule has 1 fully saturated rings. The van der Waals surface area contributed by atoms with E-state index in [2.05, 4.69) is 5.32 Å². The molecule has 1 aliphatic carbocycles. The Bertz CT molecular complexity index is 326. The van der Waals surface area contributed by atoms with Gasteiger partial charge in [-0.2, -0.15) is 0 Å². The summed E-state index contributed by atoms with van der Waals surface area (Å²) in [6, 6.07) is -1.03. The molecule has 1 atom stereocenters. The summed E-state index contributed by atoms with van der Waals surface area (Å²) in [7, 11) is 1.43. The molecule has 0 saturated heterocycles. The Morgan fingerprint density at radius 3 is 2.47 bits per heavy atom. The van der Waals surface area contributed by atoms with Gasteiger partial charge in [0, 0.05) is 38.9 Å². The summed E-state index contributed by atoms with van der Waals surface area (Å²) in [6.07, 6.45) is -0.298. The third kappa shape index (κ3) is 5.10. The zero-order valence-electron chi connectivity index (χ0n) is 10.8. The normalized spacial score (nSPS) is 20.8. The second kappa shape index (κ2) is 6.79. The third-order valence-corrected chi connectivity index (χ3v) is 3.31. The highest BCUT2D eigenvalue weighted by atomic mass is 19.3. The van der Waals surface area contributed by atoms with Crippen molar-refractivity contribution in [3.8, 4) is 0 Å². The number of rotatable bonds is 6. The van der Waals surface area contributed by atoms with E-state index in [1.807, 2.05) is 0 Å². The predicted octanol–water partition coefficient (Wildman–Crippen LogP) is 1.42. The Morgan fingerprint density at radius 2 is 2.00 bits per heavy atom. The molecule has 0 aromatic rings. The molecule has 0 radical (unpaired) electrons. The molecule has 0 aromatic carbocycles. The van der Waals surface area contributed by atoms with E-state index in [4.69, 9.17) is 9.84 Å².